The zero-order chi connectivity index (χ0) is 10.8. The van der Waals surface area contributed by atoms with E-state index >= 15 is 0 Å². The third-order valence-corrected chi connectivity index (χ3v) is 3.89. The monoisotopic (exact) mass is 260 g/mol. The number of nitrogens with zero attached hydrogens (tertiary/aromatic N) is 2. The number of aliphatic hydroxyl groups is 1. The summed E-state index contributed by atoms with van der Waals surface area (Å²) in [4.78, 5) is 9.19. The minimum absolute atomic E-state index is 0.110. The number of halogens is 1. The normalized spacial score (nSPS) is 13.3. The molecule has 0 saturated heterocycles. The van der Waals surface area contributed by atoms with Crippen molar-refractivity contribution in [2.24, 2.45) is 0 Å². The number of aliphatic hydroxyl groups excluding tert-OH is 1. The van der Waals surface area contributed by atoms with Crippen LogP contribution in [0.5, 0.6) is 0 Å². The molecule has 6 heteroatoms. The Bertz CT molecular complexity index is 474. The Hall–Kier alpha value is -0.360. The Kier molecular flexibility index (Phi) is 3.45. The summed E-state index contributed by atoms with van der Waals surface area (Å²) in [5.74, 6) is 0. The van der Waals surface area contributed by atoms with E-state index in [1.165, 1.54) is 23.1 Å². The highest BCUT2D eigenvalue weighted by Crippen LogP contribution is 2.31. The van der Waals surface area contributed by atoms with Crippen molar-refractivity contribution >= 4 is 44.9 Å². The predicted octanol–water partition coefficient (Wildman–Crippen LogP) is 2.82. The van der Waals surface area contributed by atoms with Gasteiger partial charge in [0.05, 0.1) is 6.61 Å². The van der Waals surface area contributed by atoms with E-state index in [-0.39, 0.29) is 17.1 Å². The molecular formula is C9H9ClN2OS2. The maximum Gasteiger partial charge on any atom is 0.224 e. The number of thioether (sulfide) groups is 1. The van der Waals surface area contributed by atoms with Crippen LogP contribution in [0.4, 0.5) is 0 Å². The second-order valence-corrected chi connectivity index (χ2v) is 5.71. The molecule has 1 N–H and O–H groups in total. The average Bonchev–Trinajstić information content (AvgIpc) is 2.65. The van der Waals surface area contributed by atoms with Gasteiger partial charge in [-0.2, -0.15) is 0 Å². The van der Waals surface area contributed by atoms with Crippen molar-refractivity contribution in [2.75, 3.05) is 6.61 Å². The second-order valence-electron chi connectivity index (χ2n) is 3.05. The van der Waals surface area contributed by atoms with Crippen LogP contribution in [0.1, 0.15) is 6.92 Å². The van der Waals surface area contributed by atoms with E-state index in [1.807, 2.05) is 18.4 Å². The number of fused-ring (bicyclic) bond motifs is 1. The summed E-state index contributed by atoms with van der Waals surface area (Å²) in [6, 6.07) is 1.97. The number of rotatable bonds is 3. The highest BCUT2D eigenvalue weighted by Gasteiger charge is 2.11. The molecule has 1 unspecified atom stereocenters. The van der Waals surface area contributed by atoms with Crippen molar-refractivity contribution in [1.29, 1.82) is 0 Å². The SMILES string of the molecule is CC(CO)Sc1nc(Cl)nc2sccc12. The maximum atomic E-state index is 8.99. The molecule has 80 valence electrons. The predicted molar refractivity (Wildman–Crippen MR) is 64.8 cm³/mol. The summed E-state index contributed by atoms with van der Waals surface area (Å²) in [5, 5.41) is 13.2. The van der Waals surface area contributed by atoms with Crippen LogP contribution in [0.25, 0.3) is 10.2 Å². The molecule has 0 aliphatic heterocycles. The number of thiophene rings is 1. The molecule has 0 aliphatic rings. The lowest BCUT2D eigenvalue weighted by Crippen LogP contribution is -2.02. The first-order valence-corrected chi connectivity index (χ1v) is 6.52. The van der Waals surface area contributed by atoms with E-state index in [0.717, 1.165) is 15.2 Å². The standard InChI is InChI=1S/C9H9ClN2OS2/c1-5(4-13)15-8-6-2-3-14-7(6)11-9(10)12-8/h2-3,5,13H,4H2,1H3. The van der Waals surface area contributed by atoms with Gasteiger partial charge >= 0.3 is 0 Å². The quantitative estimate of drug-likeness (QED) is 0.524. The van der Waals surface area contributed by atoms with Crippen molar-refractivity contribution in [3.05, 3.63) is 16.7 Å². The molecule has 2 aromatic heterocycles. The molecule has 15 heavy (non-hydrogen) atoms. The summed E-state index contributed by atoms with van der Waals surface area (Å²) in [7, 11) is 0. The summed E-state index contributed by atoms with van der Waals surface area (Å²) in [5.41, 5.74) is 0. The fourth-order valence-corrected chi connectivity index (χ4v) is 3.11. The van der Waals surface area contributed by atoms with Gasteiger partial charge < -0.3 is 5.11 Å². The molecule has 0 radical (unpaired) electrons. The highest BCUT2D eigenvalue weighted by atomic mass is 35.5. The lowest BCUT2D eigenvalue weighted by atomic mass is 10.4. The minimum Gasteiger partial charge on any atom is -0.395 e. The van der Waals surface area contributed by atoms with Gasteiger partial charge in [-0.05, 0) is 23.0 Å². The van der Waals surface area contributed by atoms with Crippen molar-refractivity contribution in [1.82, 2.24) is 9.97 Å². The van der Waals surface area contributed by atoms with Gasteiger partial charge in [0.25, 0.3) is 0 Å². The van der Waals surface area contributed by atoms with Crippen LogP contribution in [0.3, 0.4) is 0 Å². The topological polar surface area (TPSA) is 46.0 Å². The van der Waals surface area contributed by atoms with Crippen LogP contribution in [0.15, 0.2) is 16.5 Å². The molecule has 2 heterocycles. The van der Waals surface area contributed by atoms with E-state index in [0.29, 0.717) is 0 Å². The van der Waals surface area contributed by atoms with Gasteiger partial charge in [0.1, 0.15) is 9.86 Å². The fourth-order valence-electron chi connectivity index (χ4n) is 1.12. The minimum atomic E-state index is 0.110. The molecule has 3 nitrogen and oxygen atoms in total. The molecule has 1 atom stereocenters. The highest BCUT2D eigenvalue weighted by molar-refractivity contribution is 8.00. The van der Waals surface area contributed by atoms with Crippen molar-refractivity contribution in [2.45, 2.75) is 17.2 Å². The fraction of sp³-hybridized carbons (Fsp3) is 0.333. The Labute approximate surface area is 101 Å². The first-order valence-electron chi connectivity index (χ1n) is 4.39. The second kappa shape index (κ2) is 4.65. The Morgan fingerprint density at radius 3 is 3.13 bits per heavy atom. The van der Waals surface area contributed by atoms with Gasteiger partial charge in [-0.15, -0.1) is 23.1 Å². The Morgan fingerprint density at radius 1 is 1.60 bits per heavy atom. The van der Waals surface area contributed by atoms with Gasteiger partial charge in [-0.3, -0.25) is 0 Å². The van der Waals surface area contributed by atoms with Crippen LogP contribution in [0, 0.1) is 0 Å². The summed E-state index contributed by atoms with van der Waals surface area (Å²) in [6.07, 6.45) is 0. The lowest BCUT2D eigenvalue weighted by Gasteiger charge is -2.07. The van der Waals surface area contributed by atoms with Crippen molar-refractivity contribution < 1.29 is 5.11 Å². The molecule has 2 rings (SSSR count). The summed E-state index contributed by atoms with van der Waals surface area (Å²) >= 11 is 8.87. The van der Waals surface area contributed by atoms with Crippen molar-refractivity contribution in [3.8, 4) is 0 Å². The molecular weight excluding hydrogens is 252 g/mol. The largest absolute Gasteiger partial charge is 0.395 e. The zero-order valence-corrected chi connectivity index (χ0v) is 10.4. The molecule has 2 aromatic rings. The van der Waals surface area contributed by atoms with E-state index in [2.05, 4.69) is 9.97 Å². The first-order chi connectivity index (χ1) is 7.20. The third-order valence-electron chi connectivity index (χ3n) is 1.83. The molecule has 0 fully saturated rings. The van der Waals surface area contributed by atoms with Crippen LogP contribution in [-0.2, 0) is 0 Å². The average molecular weight is 261 g/mol. The number of hydrogen-bond donors (Lipinski definition) is 1. The molecule has 0 saturated carbocycles. The Morgan fingerprint density at radius 2 is 2.40 bits per heavy atom. The van der Waals surface area contributed by atoms with Crippen LogP contribution >= 0.6 is 34.7 Å². The van der Waals surface area contributed by atoms with Crippen LogP contribution in [-0.4, -0.2) is 26.9 Å². The molecule has 0 amide bonds. The van der Waals surface area contributed by atoms with Gasteiger partial charge in [0.15, 0.2) is 0 Å². The van der Waals surface area contributed by atoms with Gasteiger partial charge in [0.2, 0.25) is 5.28 Å². The molecule has 0 bridgehead atoms. The summed E-state index contributed by atoms with van der Waals surface area (Å²) in [6.45, 7) is 2.07. The van der Waals surface area contributed by atoms with Gasteiger partial charge in [-0.25, -0.2) is 9.97 Å². The zero-order valence-electron chi connectivity index (χ0n) is 7.98. The van der Waals surface area contributed by atoms with Crippen molar-refractivity contribution in [3.63, 3.8) is 0 Å². The number of aromatic nitrogens is 2. The molecule has 0 aliphatic carbocycles. The molecule has 0 spiro atoms. The summed E-state index contributed by atoms with van der Waals surface area (Å²) < 4.78 is 0. The van der Waals surface area contributed by atoms with E-state index in [1.54, 1.807) is 0 Å². The lowest BCUT2D eigenvalue weighted by molar-refractivity contribution is 0.300. The van der Waals surface area contributed by atoms with Crippen LogP contribution in [0.2, 0.25) is 5.28 Å². The third kappa shape index (κ3) is 2.42. The maximum absolute atomic E-state index is 8.99. The first kappa shape index (κ1) is 11.1. The smallest absolute Gasteiger partial charge is 0.224 e. The van der Waals surface area contributed by atoms with Gasteiger partial charge in [0, 0.05) is 10.6 Å². The Balaban J connectivity index is 2.44. The van der Waals surface area contributed by atoms with Gasteiger partial charge in [-0.1, -0.05) is 6.92 Å². The number of hydrogen-bond acceptors (Lipinski definition) is 5. The van der Waals surface area contributed by atoms with E-state index < -0.39 is 0 Å². The molecule has 0 aromatic carbocycles. The van der Waals surface area contributed by atoms with E-state index in [9.17, 15) is 0 Å². The van der Waals surface area contributed by atoms with E-state index in [4.69, 9.17) is 16.7 Å². The van der Waals surface area contributed by atoms with Crippen LogP contribution < -0.4 is 0 Å².